The van der Waals surface area contributed by atoms with Gasteiger partial charge in [-0.1, -0.05) is 50.2 Å². The highest BCUT2D eigenvalue weighted by atomic mass is 32.2. The summed E-state index contributed by atoms with van der Waals surface area (Å²) < 4.78 is 93.6. The first-order valence-corrected chi connectivity index (χ1v) is 45.7. The minimum Gasteiger partial charge on any atom is -0.461 e. The van der Waals surface area contributed by atoms with Gasteiger partial charge in [0.05, 0.1) is 23.0 Å². The van der Waals surface area contributed by atoms with Gasteiger partial charge in [-0.25, -0.2) is 26.4 Å². The topological polar surface area (TPSA) is 164 Å². The fourth-order valence-corrected chi connectivity index (χ4v) is 36.8. The Hall–Kier alpha value is -3.02. The molecule has 0 N–H and O–H groups in total. The van der Waals surface area contributed by atoms with Crippen LogP contribution in [0.15, 0.2) is 117 Å². The molecule has 0 radical (unpaired) electrons. The summed E-state index contributed by atoms with van der Waals surface area (Å²) in [6.45, 7) is 35.7. The Morgan fingerprint density at radius 1 is 0.500 bits per heavy atom. The van der Waals surface area contributed by atoms with Crippen molar-refractivity contribution in [3.8, 4) is 0 Å². The molecule has 1 fully saturated rings. The third kappa shape index (κ3) is 21.6. The van der Waals surface area contributed by atoms with Crippen molar-refractivity contribution in [1.29, 1.82) is 0 Å². The number of sulfone groups is 2. The van der Waals surface area contributed by atoms with Crippen LogP contribution < -0.4 is 0 Å². The molecule has 0 saturated carbocycles. The first kappa shape index (κ1) is 61.3. The maximum absolute atomic E-state index is 13.9. The molecule has 2 aromatic rings. The lowest BCUT2D eigenvalue weighted by molar-refractivity contribution is -0.140. The lowest BCUT2D eigenvalue weighted by atomic mass is 10.2. The van der Waals surface area contributed by atoms with E-state index in [2.05, 4.69) is 91.7 Å². The third-order valence-electron chi connectivity index (χ3n) is 10.1. The lowest BCUT2D eigenvalue weighted by Crippen LogP contribution is -2.53. The number of benzene rings is 2. The molecule has 1 heterocycles. The van der Waals surface area contributed by atoms with Crippen LogP contribution in [0.3, 0.4) is 0 Å². The SMILES string of the molecule is CC(COC(=O)C(=CC=CN1CCN(C=CC=C(C(=O)OCC(C)C[Si](C)(O[Si](C)(C)C)O[Si](C)(C)C)S(=O)(=O)c2ccccc2)CC1)S(=O)(=O)c1ccccc1)C[Si](C)(O[Si](C)(C)C)O[Si](C)(C)C. The number of nitrogens with zero attached hydrogens (tertiary/aromatic N) is 2. The van der Waals surface area contributed by atoms with E-state index in [1.54, 1.807) is 48.8 Å². The summed E-state index contributed by atoms with van der Waals surface area (Å²) in [6.07, 6.45) is 9.11. The van der Waals surface area contributed by atoms with Crippen LogP contribution in [-0.2, 0) is 55.2 Å². The summed E-state index contributed by atoms with van der Waals surface area (Å²) in [5.41, 5.74) is 0. The molecule has 1 saturated heterocycles. The Kier molecular flexibility index (Phi) is 22.1. The molecular formula is C48H82N2O12S2Si6. The first-order valence-electron chi connectivity index (χ1n) is 24.0. The number of carbonyl (C=O) groups excluding carboxylic acids is 2. The standard InChI is InChI=1S/C48H82N2O12S2Si6/c1-41(39-69(15,59-65(3,4)5)60-66(6,7)8)37-57-47(51)45(63(53,54)43-25-19-17-20-26-43)29-23-31-49-33-35-50(36-34-49)32-24-30-46(64(55,56)44-27-21-18-22-28-44)48(52)58-38-42(2)40-70(16,61-67(9,10)11)62-68(12,13)14/h17-32,41-42H,33-40H2,1-16H3. The van der Waals surface area contributed by atoms with Crippen molar-refractivity contribution in [2.45, 2.75) is 127 Å². The van der Waals surface area contributed by atoms with Gasteiger partial charge in [-0.15, -0.1) is 0 Å². The second-order valence-electron chi connectivity index (χ2n) is 22.4. The van der Waals surface area contributed by atoms with E-state index in [1.165, 1.54) is 48.6 Å². The van der Waals surface area contributed by atoms with E-state index in [9.17, 15) is 26.4 Å². The van der Waals surface area contributed by atoms with Crippen LogP contribution in [0.5, 0.6) is 0 Å². The van der Waals surface area contributed by atoms with Gasteiger partial charge in [-0.2, -0.15) is 0 Å². The molecule has 70 heavy (non-hydrogen) atoms. The summed E-state index contributed by atoms with van der Waals surface area (Å²) >= 11 is 0. The molecule has 3 rings (SSSR count). The van der Waals surface area contributed by atoms with E-state index in [1.807, 2.05) is 23.6 Å². The highest BCUT2D eigenvalue weighted by Crippen LogP contribution is 2.30. The molecular weight excluding hydrogens is 1030 g/mol. The number of esters is 2. The molecule has 1 aliphatic rings. The van der Waals surface area contributed by atoms with Gasteiger partial charge in [0.2, 0.25) is 19.7 Å². The van der Waals surface area contributed by atoms with E-state index in [0.29, 0.717) is 38.3 Å². The zero-order chi connectivity index (χ0) is 53.0. The van der Waals surface area contributed by atoms with Gasteiger partial charge in [-0.3, -0.25) is 0 Å². The van der Waals surface area contributed by atoms with Crippen molar-refractivity contribution in [1.82, 2.24) is 9.80 Å². The average molecular weight is 1110 g/mol. The van der Waals surface area contributed by atoms with E-state index < -0.39 is 91.8 Å². The monoisotopic (exact) mass is 1110 g/mol. The van der Waals surface area contributed by atoms with Crippen molar-refractivity contribution in [2.75, 3.05) is 39.4 Å². The van der Waals surface area contributed by atoms with Crippen LogP contribution in [0, 0.1) is 11.8 Å². The maximum atomic E-state index is 13.9. The van der Waals surface area contributed by atoms with Gasteiger partial charge in [0.15, 0.2) is 43.1 Å². The number of piperazine rings is 1. The van der Waals surface area contributed by atoms with Gasteiger partial charge >= 0.3 is 29.1 Å². The molecule has 2 unspecified atom stereocenters. The predicted octanol–water partition coefficient (Wildman–Crippen LogP) is 10.3. The van der Waals surface area contributed by atoms with Crippen molar-refractivity contribution >= 4 is 82.0 Å². The largest absolute Gasteiger partial charge is 0.461 e. The first-order chi connectivity index (χ1) is 32.0. The molecule has 2 atom stereocenters. The van der Waals surface area contributed by atoms with Crippen LogP contribution in [0.2, 0.25) is 104 Å². The van der Waals surface area contributed by atoms with Gasteiger partial charge in [-0.05, 0) is 177 Å². The molecule has 0 aromatic heterocycles. The Bertz CT molecular complexity index is 2190. The summed E-state index contributed by atoms with van der Waals surface area (Å²) in [5.74, 6) is -2.18. The minimum absolute atomic E-state index is 0.00801. The maximum Gasteiger partial charge on any atom is 0.350 e. The number of ether oxygens (including phenoxy) is 2. The van der Waals surface area contributed by atoms with Crippen molar-refractivity contribution in [3.63, 3.8) is 0 Å². The average Bonchev–Trinajstić information content (AvgIpc) is 3.20. The smallest absolute Gasteiger partial charge is 0.350 e. The van der Waals surface area contributed by atoms with E-state index in [0.717, 1.165) is 0 Å². The minimum atomic E-state index is -4.24. The zero-order valence-electron chi connectivity index (χ0n) is 44.7. The fourth-order valence-electron chi connectivity index (χ4n) is 8.29. The predicted molar refractivity (Wildman–Crippen MR) is 296 cm³/mol. The summed E-state index contributed by atoms with van der Waals surface area (Å²) in [5, 5.41) is 0. The van der Waals surface area contributed by atoms with Crippen molar-refractivity contribution < 1.29 is 52.4 Å². The second kappa shape index (κ2) is 25.3. The molecule has 14 nitrogen and oxygen atoms in total. The molecule has 392 valence electrons. The zero-order valence-corrected chi connectivity index (χ0v) is 52.3. The Balaban J connectivity index is 1.77. The van der Waals surface area contributed by atoms with E-state index in [-0.39, 0.29) is 34.8 Å². The normalized spacial score (nSPS) is 16.5. The van der Waals surface area contributed by atoms with Crippen LogP contribution in [0.25, 0.3) is 0 Å². The molecule has 0 bridgehead atoms. The summed E-state index contributed by atoms with van der Waals surface area (Å²) in [7, 11) is -21.6. The highest BCUT2D eigenvalue weighted by molar-refractivity contribution is 7.96. The molecule has 0 amide bonds. The number of carbonyl (C=O) groups is 2. The second-order valence-corrected chi connectivity index (χ2v) is 51.7. The molecule has 0 spiro atoms. The van der Waals surface area contributed by atoms with Crippen LogP contribution in [-0.4, -0.2) is 128 Å². The fraction of sp³-hybridized carbons (Fsp3) is 0.542. The number of hydrogen-bond donors (Lipinski definition) is 0. The van der Waals surface area contributed by atoms with Crippen LogP contribution in [0.1, 0.15) is 13.8 Å². The Morgan fingerprint density at radius 2 is 0.771 bits per heavy atom. The van der Waals surface area contributed by atoms with E-state index >= 15 is 0 Å². The highest BCUT2D eigenvalue weighted by Gasteiger charge is 2.43. The van der Waals surface area contributed by atoms with Crippen molar-refractivity contribution in [3.05, 3.63) is 107 Å². The number of allylic oxidation sites excluding steroid dienone is 4. The lowest BCUT2D eigenvalue weighted by Gasteiger charge is -2.39. The number of rotatable bonds is 26. The summed E-state index contributed by atoms with van der Waals surface area (Å²) in [4.78, 5) is 30.4. The molecule has 2 aromatic carbocycles. The molecule has 1 aliphatic heterocycles. The molecule has 0 aliphatic carbocycles. The quantitative estimate of drug-likeness (QED) is 0.0378. The third-order valence-corrected chi connectivity index (χ3v) is 33.2. The van der Waals surface area contributed by atoms with Gasteiger partial charge in [0, 0.05) is 26.2 Å². The van der Waals surface area contributed by atoms with Gasteiger partial charge in [0.1, 0.15) is 0 Å². The van der Waals surface area contributed by atoms with Crippen LogP contribution in [0.4, 0.5) is 0 Å². The van der Waals surface area contributed by atoms with Crippen LogP contribution >= 0.6 is 0 Å². The molecule has 22 heteroatoms. The Labute approximate surface area is 427 Å². The van der Waals surface area contributed by atoms with Gasteiger partial charge in [0.25, 0.3) is 0 Å². The van der Waals surface area contributed by atoms with Gasteiger partial charge < -0.3 is 35.7 Å². The number of hydrogen-bond acceptors (Lipinski definition) is 14. The Morgan fingerprint density at radius 3 is 1.03 bits per heavy atom. The van der Waals surface area contributed by atoms with E-state index in [4.69, 9.17) is 25.9 Å². The van der Waals surface area contributed by atoms with Crippen molar-refractivity contribution in [2.24, 2.45) is 11.8 Å². The summed E-state index contributed by atoms with van der Waals surface area (Å²) in [6, 6.07) is 16.8.